The molecule has 1 N–H and O–H groups in total. The van der Waals surface area contributed by atoms with Crippen molar-refractivity contribution in [3.63, 3.8) is 0 Å². The molecule has 130 valence electrons. The number of carbonyl (C=O) groups is 1. The molecule has 1 amide bonds. The number of carbonyl (C=O) groups excluding carboxylic acids is 1. The first-order chi connectivity index (χ1) is 11.1. The number of anilines is 1. The summed E-state index contributed by atoms with van der Waals surface area (Å²) in [6.07, 6.45) is 3.85. The summed E-state index contributed by atoms with van der Waals surface area (Å²) in [7, 11) is 1.90. The van der Waals surface area contributed by atoms with Gasteiger partial charge in [0.15, 0.2) is 0 Å². The van der Waals surface area contributed by atoms with E-state index in [4.69, 9.17) is 11.6 Å². The van der Waals surface area contributed by atoms with Gasteiger partial charge in [-0.1, -0.05) is 17.7 Å². The van der Waals surface area contributed by atoms with Gasteiger partial charge in [-0.25, -0.2) is 0 Å². The fourth-order valence-corrected chi connectivity index (χ4v) is 3.41. The lowest BCUT2D eigenvalue weighted by atomic mass is 9.89. The van der Waals surface area contributed by atoms with Crippen molar-refractivity contribution in [2.24, 2.45) is 13.0 Å². The van der Waals surface area contributed by atoms with E-state index in [1.54, 1.807) is 4.68 Å². The highest BCUT2D eigenvalue weighted by molar-refractivity contribution is 6.30. The third-order valence-electron chi connectivity index (χ3n) is 4.39. The molecule has 1 fully saturated rings. The van der Waals surface area contributed by atoms with E-state index in [0.29, 0.717) is 18.1 Å². The molecule has 1 aromatic carbocycles. The van der Waals surface area contributed by atoms with Crippen LogP contribution in [0.5, 0.6) is 0 Å². The van der Waals surface area contributed by atoms with Gasteiger partial charge in [0.1, 0.15) is 0 Å². The highest BCUT2D eigenvalue weighted by Crippen LogP contribution is 2.31. The Morgan fingerprint density at radius 2 is 2.25 bits per heavy atom. The van der Waals surface area contributed by atoms with Crippen molar-refractivity contribution in [2.75, 3.05) is 24.5 Å². The molecule has 1 aromatic heterocycles. The zero-order valence-electron chi connectivity index (χ0n) is 13.8. The molecule has 1 aliphatic rings. The normalized spacial score (nSPS) is 19.8. The van der Waals surface area contributed by atoms with Crippen LogP contribution in [0.3, 0.4) is 0 Å². The predicted molar refractivity (Wildman–Crippen MR) is 99.0 cm³/mol. The van der Waals surface area contributed by atoms with Gasteiger partial charge in [-0.2, -0.15) is 5.10 Å². The van der Waals surface area contributed by atoms with Crippen LogP contribution >= 0.6 is 24.0 Å². The van der Waals surface area contributed by atoms with Gasteiger partial charge in [0, 0.05) is 49.5 Å². The van der Waals surface area contributed by atoms with Crippen LogP contribution in [0.25, 0.3) is 0 Å². The second-order valence-electron chi connectivity index (χ2n) is 5.88. The van der Waals surface area contributed by atoms with E-state index in [1.807, 2.05) is 55.5 Å². The average molecular weight is 369 g/mol. The standard InChI is InChI=1S/C17H21ClN4O.ClH/c1-3-22(14-6-4-5-13(18)7-14)17(23)16-10-19-9-15(16)12-8-20-21(2)11-12;/h4-8,11,15-16,19H,3,9-10H2,1-2H3;1H/t15-,16+;/m1./s1. The van der Waals surface area contributed by atoms with Crippen molar-refractivity contribution >= 4 is 35.6 Å². The largest absolute Gasteiger partial charge is 0.315 e. The third kappa shape index (κ3) is 3.74. The quantitative estimate of drug-likeness (QED) is 0.902. The van der Waals surface area contributed by atoms with E-state index in [9.17, 15) is 4.79 Å². The van der Waals surface area contributed by atoms with E-state index < -0.39 is 0 Å². The van der Waals surface area contributed by atoms with E-state index >= 15 is 0 Å². The monoisotopic (exact) mass is 368 g/mol. The van der Waals surface area contributed by atoms with E-state index in [1.165, 1.54) is 0 Å². The summed E-state index contributed by atoms with van der Waals surface area (Å²) in [4.78, 5) is 14.9. The molecule has 3 rings (SSSR count). The van der Waals surface area contributed by atoms with Gasteiger partial charge in [0.05, 0.1) is 12.1 Å². The van der Waals surface area contributed by atoms with Gasteiger partial charge < -0.3 is 10.2 Å². The molecule has 0 radical (unpaired) electrons. The minimum Gasteiger partial charge on any atom is -0.315 e. The number of hydrogen-bond donors (Lipinski definition) is 1. The number of rotatable bonds is 4. The zero-order chi connectivity index (χ0) is 16.4. The Bertz CT molecular complexity index is 703. The number of nitrogens with zero attached hydrogens (tertiary/aromatic N) is 3. The van der Waals surface area contributed by atoms with Gasteiger partial charge in [0.25, 0.3) is 0 Å². The number of aromatic nitrogens is 2. The lowest BCUT2D eigenvalue weighted by molar-refractivity contribution is -0.122. The third-order valence-corrected chi connectivity index (χ3v) is 4.62. The van der Waals surface area contributed by atoms with Gasteiger partial charge in [-0.15, -0.1) is 12.4 Å². The maximum Gasteiger partial charge on any atom is 0.232 e. The summed E-state index contributed by atoms with van der Waals surface area (Å²) in [5.41, 5.74) is 1.96. The van der Waals surface area contributed by atoms with E-state index in [-0.39, 0.29) is 30.2 Å². The second-order valence-corrected chi connectivity index (χ2v) is 6.32. The van der Waals surface area contributed by atoms with Crippen LogP contribution in [0.4, 0.5) is 5.69 Å². The van der Waals surface area contributed by atoms with Crippen molar-refractivity contribution in [1.29, 1.82) is 0 Å². The molecule has 0 aliphatic carbocycles. The van der Waals surface area contributed by atoms with Crippen LogP contribution in [0, 0.1) is 5.92 Å². The zero-order valence-corrected chi connectivity index (χ0v) is 15.3. The summed E-state index contributed by atoms with van der Waals surface area (Å²) < 4.78 is 1.78. The first-order valence-corrected chi connectivity index (χ1v) is 8.24. The van der Waals surface area contributed by atoms with Crippen LogP contribution in [0.15, 0.2) is 36.7 Å². The molecular weight excluding hydrogens is 347 g/mol. The highest BCUT2D eigenvalue weighted by Gasteiger charge is 2.37. The van der Waals surface area contributed by atoms with Crippen LogP contribution in [-0.2, 0) is 11.8 Å². The lowest BCUT2D eigenvalue weighted by Crippen LogP contribution is -2.38. The lowest BCUT2D eigenvalue weighted by Gasteiger charge is -2.27. The number of benzene rings is 1. The summed E-state index contributed by atoms with van der Waals surface area (Å²) in [5, 5.41) is 8.22. The Labute approximate surface area is 153 Å². The number of amides is 1. The first kappa shape index (κ1) is 18.8. The molecule has 2 heterocycles. The number of halogens is 2. The molecule has 7 heteroatoms. The Hall–Kier alpha value is -1.56. The van der Waals surface area contributed by atoms with Crippen molar-refractivity contribution in [2.45, 2.75) is 12.8 Å². The van der Waals surface area contributed by atoms with Crippen molar-refractivity contribution in [3.05, 3.63) is 47.2 Å². The van der Waals surface area contributed by atoms with Gasteiger partial charge in [-0.3, -0.25) is 9.48 Å². The minimum absolute atomic E-state index is 0. The van der Waals surface area contributed by atoms with Crippen LogP contribution in [0.1, 0.15) is 18.4 Å². The van der Waals surface area contributed by atoms with Gasteiger partial charge in [0.2, 0.25) is 5.91 Å². The Balaban J connectivity index is 0.00000208. The van der Waals surface area contributed by atoms with Crippen LogP contribution in [-0.4, -0.2) is 35.3 Å². The Morgan fingerprint density at radius 1 is 1.46 bits per heavy atom. The average Bonchev–Trinajstić information content (AvgIpc) is 3.16. The number of aryl methyl sites for hydroxylation is 1. The van der Waals surface area contributed by atoms with Crippen molar-refractivity contribution < 1.29 is 4.79 Å². The summed E-state index contributed by atoms with van der Waals surface area (Å²) in [6, 6.07) is 7.46. The van der Waals surface area contributed by atoms with E-state index in [2.05, 4.69) is 10.4 Å². The van der Waals surface area contributed by atoms with Gasteiger partial charge >= 0.3 is 0 Å². The van der Waals surface area contributed by atoms with Crippen molar-refractivity contribution in [3.8, 4) is 0 Å². The first-order valence-electron chi connectivity index (χ1n) is 7.86. The molecule has 2 aromatic rings. The highest BCUT2D eigenvalue weighted by atomic mass is 35.5. The molecule has 0 saturated carbocycles. The molecule has 0 bridgehead atoms. The maximum atomic E-state index is 13.1. The maximum absolute atomic E-state index is 13.1. The summed E-state index contributed by atoms with van der Waals surface area (Å²) >= 11 is 6.08. The number of nitrogens with one attached hydrogen (secondary N) is 1. The molecule has 24 heavy (non-hydrogen) atoms. The molecule has 0 spiro atoms. The fraction of sp³-hybridized carbons (Fsp3) is 0.412. The molecule has 5 nitrogen and oxygen atoms in total. The summed E-state index contributed by atoms with van der Waals surface area (Å²) in [5.74, 6) is 0.205. The van der Waals surface area contributed by atoms with E-state index in [0.717, 1.165) is 17.8 Å². The minimum atomic E-state index is -0.0851. The molecule has 1 aliphatic heterocycles. The number of hydrogen-bond acceptors (Lipinski definition) is 3. The Morgan fingerprint density at radius 3 is 2.88 bits per heavy atom. The van der Waals surface area contributed by atoms with Gasteiger partial charge in [-0.05, 0) is 30.7 Å². The molecule has 2 atom stereocenters. The van der Waals surface area contributed by atoms with Crippen LogP contribution < -0.4 is 10.2 Å². The van der Waals surface area contributed by atoms with Crippen molar-refractivity contribution in [1.82, 2.24) is 15.1 Å². The topological polar surface area (TPSA) is 50.2 Å². The summed E-state index contributed by atoms with van der Waals surface area (Å²) in [6.45, 7) is 4.10. The molecular formula is C17H22Cl2N4O. The Kier molecular flexibility index (Phi) is 6.27. The van der Waals surface area contributed by atoms with Crippen LogP contribution in [0.2, 0.25) is 5.02 Å². The second kappa shape index (κ2) is 8.01. The fourth-order valence-electron chi connectivity index (χ4n) is 3.23. The SMILES string of the molecule is CCN(C(=O)[C@H]1CNC[C@@H]1c1cnn(C)c1)c1cccc(Cl)c1.Cl. The molecule has 0 unspecified atom stereocenters. The molecule has 1 saturated heterocycles. The predicted octanol–water partition coefficient (Wildman–Crippen LogP) is 2.85. The smallest absolute Gasteiger partial charge is 0.232 e.